The molecule has 1 fully saturated rings. The molecule has 4 N–H and O–H groups in total. The average molecular weight is 257 g/mol. The Morgan fingerprint density at radius 2 is 1.94 bits per heavy atom. The second kappa shape index (κ2) is 8.86. The third kappa shape index (κ3) is 5.22. The molecule has 0 aromatic carbocycles. The number of nitrogens with zero attached hydrogens (tertiary/aromatic N) is 1. The van der Waals surface area contributed by atoms with Crippen LogP contribution in [0.15, 0.2) is 0 Å². The number of unbranched alkanes of at least 4 members (excludes halogenated alkanes) is 2. The summed E-state index contributed by atoms with van der Waals surface area (Å²) in [7, 11) is 0. The lowest BCUT2D eigenvalue weighted by Gasteiger charge is -2.42. The Bertz CT molecular complexity index is 203. The lowest BCUT2D eigenvalue weighted by Crippen LogP contribution is -2.57. The van der Waals surface area contributed by atoms with Gasteiger partial charge in [-0.3, -0.25) is 0 Å². The van der Waals surface area contributed by atoms with Crippen molar-refractivity contribution >= 4 is 0 Å². The summed E-state index contributed by atoms with van der Waals surface area (Å²) in [6, 6.07) is 0. The first kappa shape index (κ1) is 15.9. The van der Waals surface area contributed by atoms with Crippen LogP contribution in [-0.4, -0.2) is 54.9 Å². The predicted octanol–water partition coefficient (Wildman–Crippen LogP) is 0.942. The number of hydrogen-bond donors (Lipinski definition) is 3. The summed E-state index contributed by atoms with van der Waals surface area (Å²) < 4.78 is 0. The fourth-order valence-corrected chi connectivity index (χ4v) is 2.74. The Hall–Kier alpha value is -0.160. The van der Waals surface area contributed by atoms with Crippen LogP contribution in [0.25, 0.3) is 0 Å². The Labute approximate surface area is 112 Å². The van der Waals surface area contributed by atoms with E-state index in [1.54, 1.807) is 0 Å². The van der Waals surface area contributed by atoms with Crippen molar-refractivity contribution in [1.29, 1.82) is 0 Å². The molecule has 0 unspecified atom stereocenters. The van der Waals surface area contributed by atoms with E-state index in [9.17, 15) is 0 Å². The minimum Gasteiger partial charge on any atom is -0.396 e. The summed E-state index contributed by atoms with van der Waals surface area (Å²) in [6.07, 6.45) is 6.74. The smallest absolute Gasteiger partial charge is 0.0431 e. The third-order valence-corrected chi connectivity index (χ3v) is 4.08. The zero-order valence-corrected chi connectivity index (χ0v) is 12.0. The van der Waals surface area contributed by atoms with Crippen molar-refractivity contribution in [3.05, 3.63) is 0 Å². The molecule has 1 aliphatic heterocycles. The van der Waals surface area contributed by atoms with Gasteiger partial charge in [0.05, 0.1) is 0 Å². The van der Waals surface area contributed by atoms with Crippen LogP contribution in [0.3, 0.4) is 0 Å². The van der Waals surface area contributed by atoms with Crippen molar-refractivity contribution in [2.75, 3.05) is 39.3 Å². The molecule has 4 heteroatoms. The predicted molar refractivity (Wildman–Crippen MR) is 76.7 cm³/mol. The lowest BCUT2D eigenvalue weighted by atomic mass is 9.87. The Morgan fingerprint density at radius 1 is 1.22 bits per heavy atom. The first-order chi connectivity index (χ1) is 8.76. The molecule has 108 valence electrons. The van der Waals surface area contributed by atoms with Crippen LogP contribution in [0.2, 0.25) is 0 Å². The molecule has 0 aromatic rings. The highest BCUT2D eigenvalue weighted by Gasteiger charge is 2.32. The van der Waals surface area contributed by atoms with Crippen LogP contribution >= 0.6 is 0 Å². The highest BCUT2D eigenvalue weighted by molar-refractivity contribution is 4.94. The molecular weight excluding hydrogens is 226 g/mol. The quantitative estimate of drug-likeness (QED) is 0.538. The van der Waals surface area contributed by atoms with Gasteiger partial charge in [-0.1, -0.05) is 6.92 Å². The summed E-state index contributed by atoms with van der Waals surface area (Å²) in [5.74, 6) is 0. The largest absolute Gasteiger partial charge is 0.396 e. The molecule has 0 aromatic heterocycles. The fourth-order valence-electron chi connectivity index (χ4n) is 2.74. The summed E-state index contributed by atoms with van der Waals surface area (Å²) in [6.45, 7) is 7.90. The van der Waals surface area contributed by atoms with Gasteiger partial charge in [0.15, 0.2) is 0 Å². The van der Waals surface area contributed by atoms with Crippen molar-refractivity contribution in [1.82, 2.24) is 10.2 Å². The van der Waals surface area contributed by atoms with Crippen LogP contribution in [0.1, 0.15) is 45.4 Å². The van der Waals surface area contributed by atoms with Gasteiger partial charge in [0.25, 0.3) is 0 Å². The number of rotatable bonds is 9. The van der Waals surface area contributed by atoms with Crippen molar-refractivity contribution < 1.29 is 5.11 Å². The maximum Gasteiger partial charge on any atom is 0.0431 e. The van der Waals surface area contributed by atoms with Crippen LogP contribution < -0.4 is 11.1 Å². The molecule has 4 nitrogen and oxygen atoms in total. The van der Waals surface area contributed by atoms with Gasteiger partial charge in [-0.2, -0.15) is 0 Å². The number of nitrogens with two attached hydrogens (primary N) is 1. The minimum absolute atomic E-state index is 0.170. The Balaban J connectivity index is 2.23. The molecule has 1 saturated heterocycles. The lowest BCUT2D eigenvalue weighted by molar-refractivity contribution is 0.139. The van der Waals surface area contributed by atoms with Crippen molar-refractivity contribution in [3.8, 4) is 0 Å². The molecule has 1 rings (SSSR count). The highest BCUT2D eigenvalue weighted by atomic mass is 16.2. The number of aliphatic hydroxyl groups is 1. The summed E-state index contributed by atoms with van der Waals surface area (Å²) in [5.41, 5.74) is 6.15. The normalized spacial score (nSPS) is 20.2. The molecule has 0 saturated carbocycles. The SMILES string of the molecule is CCCN1CCC(CN)(NCCCCCO)CC1. The van der Waals surface area contributed by atoms with Crippen molar-refractivity contribution in [2.24, 2.45) is 5.73 Å². The zero-order chi connectivity index (χ0) is 13.3. The van der Waals surface area contributed by atoms with E-state index in [2.05, 4.69) is 17.1 Å². The third-order valence-electron chi connectivity index (χ3n) is 4.08. The van der Waals surface area contributed by atoms with Crippen LogP contribution in [-0.2, 0) is 0 Å². The topological polar surface area (TPSA) is 61.5 Å². The van der Waals surface area contributed by atoms with E-state index in [1.165, 1.54) is 38.9 Å². The van der Waals surface area contributed by atoms with E-state index in [1.807, 2.05) is 0 Å². The number of likely N-dealkylation sites (tertiary alicyclic amines) is 1. The maximum absolute atomic E-state index is 8.74. The molecule has 0 spiro atoms. The molecule has 0 atom stereocenters. The Morgan fingerprint density at radius 3 is 2.50 bits per heavy atom. The molecule has 18 heavy (non-hydrogen) atoms. The zero-order valence-electron chi connectivity index (χ0n) is 12.0. The van der Waals surface area contributed by atoms with Crippen molar-refractivity contribution in [2.45, 2.75) is 51.0 Å². The molecule has 0 radical (unpaired) electrons. The van der Waals surface area contributed by atoms with E-state index in [-0.39, 0.29) is 5.54 Å². The van der Waals surface area contributed by atoms with Gasteiger partial charge in [0.2, 0.25) is 0 Å². The number of hydrogen-bond acceptors (Lipinski definition) is 4. The van der Waals surface area contributed by atoms with E-state index in [4.69, 9.17) is 10.8 Å². The van der Waals surface area contributed by atoms with Gasteiger partial charge >= 0.3 is 0 Å². The van der Waals surface area contributed by atoms with E-state index in [0.29, 0.717) is 6.61 Å². The maximum atomic E-state index is 8.74. The second-order valence-electron chi connectivity index (χ2n) is 5.54. The standard InChI is InChI=1S/C14H31N3O/c1-2-9-17-10-6-14(13-15,7-11-17)16-8-4-3-5-12-18/h16,18H,2-13,15H2,1H3. The number of piperidine rings is 1. The minimum atomic E-state index is 0.170. The Kier molecular flexibility index (Phi) is 7.82. The molecule has 0 bridgehead atoms. The van der Waals surface area contributed by atoms with Crippen LogP contribution in [0.4, 0.5) is 0 Å². The molecule has 1 aliphatic rings. The first-order valence-electron chi connectivity index (χ1n) is 7.54. The van der Waals surface area contributed by atoms with Gasteiger partial charge in [-0.15, -0.1) is 0 Å². The highest BCUT2D eigenvalue weighted by Crippen LogP contribution is 2.21. The molecule has 1 heterocycles. The van der Waals surface area contributed by atoms with E-state index < -0.39 is 0 Å². The summed E-state index contributed by atoms with van der Waals surface area (Å²) in [5, 5.41) is 12.4. The van der Waals surface area contributed by atoms with Gasteiger partial charge in [0, 0.05) is 18.7 Å². The average Bonchev–Trinajstić information content (AvgIpc) is 2.41. The number of nitrogens with one attached hydrogen (secondary N) is 1. The van der Waals surface area contributed by atoms with Crippen LogP contribution in [0.5, 0.6) is 0 Å². The fraction of sp³-hybridized carbons (Fsp3) is 1.00. The van der Waals surface area contributed by atoms with Gasteiger partial charge < -0.3 is 21.1 Å². The summed E-state index contributed by atoms with van der Waals surface area (Å²) in [4.78, 5) is 2.54. The number of aliphatic hydroxyl groups excluding tert-OH is 1. The summed E-state index contributed by atoms with van der Waals surface area (Å²) >= 11 is 0. The molecule has 0 aliphatic carbocycles. The van der Waals surface area contributed by atoms with E-state index in [0.717, 1.165) is 32.4 Å². The monoisotopic (exact) mass is 257 g/mol. The van der Waals surface area contributed by atoms with Gasteiger partial charge in [-0.25, -0.2) is 0 Å². The molecule has 0 amide bonds. The first-order valence-corrected chi connectivity index (χ1v) is 7.54. The van der Waals surface area contributed by atoms with Crippen LogP contribution in [0, 0.1) is 0 Å². The second-order valence-corrected chi connectivity index (χ2v) is 5.54. The van der Waals surface area contributed by atoms with E-state index >= 15 is 0 Å². The van der Waals surface area contributed by atoms with Gasteiger partial charge in [0.1, 0.15) is 0 Å². The molecular formula is C14H31N3O. The van der Waals surface area contributed by atoms with Gasteiger partial charge in [-0.05, 0) is 64.7 Å². The van der Waals surface area contributed by atoms with Crippen molar-refractivity contribution in [3.63, 3.8) is 0 Å².